The molecule has 4 nitrogen and oxygen atoms in total. The summed E-state index contributed by atoms with van der Waals surface area (Å²) in [6, 6.07) is 52.7. The number of nitrogens with zero attached hydrogens (tertiary/aromatic N) is 3. The predicted octanol–water partition coefficient (Wildman–Crippen LogP) is 12.0. The Bertz CT molecular complexity index is 2850. The van der Waals surface area contributed by atoms with Gasteiger partial charge < -0.3 is 4.42 Å². The molecule has 0 fully saturated rings. The Kier molecular flexibility index (Phi) is 6.01. The molecule has 224 valence electrons. The summed E-state index contributed by atoms with van der Waals surface area (Å²) in [5.74, 6) is 1.87. The van der Waals surface area contributed by atoms with Gasteiger partial charge in [0, 0.05) is 47.6 Å². The van der Waals surface area contributed by atoms with Crippen LogP contribution in [0.5, 0.6) is 0 Å². The molecule has 0 aliphatic rings. The molecule has 0 amide bonds. The minimum Gasteiger partial charge on any atom is -0.456 e. The van der Waals surface area contributed by atoms with E-state index in [0.717, 1.165) is 60.5 Å². The van der Waals surface area contributed by atoms with Gasteiger partial charge in [-0.3, -0.25) is 0 Å². The maximum atomic E-state index is 6.48. The second-order valence-corrected chi connectivity index (χ2v) is 13.1. The van der Waals surface area contributed by atoms with Gasteiger partial charge in [-0.1, -0.05) is 115 Å². The average molecular weight is 632 g/mol. The maximum absolute atomic E-state index is 6.48. The molecule has 10 aromatic rings. The van der Waals surface area contributed by atoms with E-state index < -0.39 is 0 Å². The van der Waals surface area contributed by atoms with Crippen LogP contribution in [0.15, 0.2) is 156 Å². The molecule has 3 heterocycles. The zero-order valence-corrected chi connectivity index (χ0v) is 26.4. The van der Waals surface area contributed by atoms with Gasteiger partial charge in [0.25, 0.3) is 0 Å². The van der Waals surface area contributed by atoms with Crippen LogP contribution in [0.25, 0.3) is 98.2 Å². The number of para-hydroxylation sites is 1. The van der Waals surface area contributed by atoms with Gasteiger partial charge in [0.15, 0.2) is 17.5 Å². The number of thiophene rings is 1. The van der Waals surface area contributed by atoms with Gasteiger partial charge in [-0.25, -0.2) is 15.0 Å². The SMILES string of the molecule is c1ccc(-c2cc(-c3nc(-c4ccc5ccccc5c4)nc(-c4cccc5sc6ccccc6c45)n3)cc3oc4ccccc4c23)cc1. The lowest BCUT2D eigenvalue weighted by molar-refractivity contribution is 0.669. The fourth-order valence-corrected chi connectivity index (χ4v) is 8.01. The van der Waals surface area contributed by atoms with Crippen LogP contribution < -0.4 is 0 Å². The second kappa shape index (κ2) is 10.7. The first-order valence-corrected chi connectivity index (χ1v) is 16.8. The molecule has 48 heavy (non-hydrogen) atoms. The van der Waals surface area contributed by atoms with Crippen molar-refractivity contribution in [1.82, 2.24) is 15.0 Å². The number of hydrogen-bond donors (Lipinski definition) is 0. The Morgan fingerprint density at radius 3 is 2.00 bits per heavy atom. The van der Waals surface area contributed by atoms with Gasteiger partial charge in [-0.2, -0.15) is 0 Å². The number of aromatic nitrogens is 3. The lowest BCUT2D eigenvalue weighted by atomic mass is 9.96. The van der Waals surface area contributed by atoms with Gasteiger partial charge in [-0.05, 0) is 58.3 Å². The average Bonchev–Trinajstić information content (AvgIpc) is 3.73. The van der Waals surface area contributed by atoms with Gasteiger partial charge in [0.1, 0.15) is 11.2 Å². The van der Waals surface area contributed by atoms with Crippen LogP contribution in [-0.2, 0) is 0 Å². The van der Waals surface area contributed by atoms with Crippen molar-refractivity contribution in [2.75, 3.05) is 0 Å². The third-order valence-electron chi connectivity index (χ3n) is 9.11. The summed E-state index contributed by atoms with van der Waals surface area (Å²) in [5.41, 5.74) is 6.63. The highest BCUT2D eigenvalue weighted by atomic mass is 32.1. The van der Waals surface area contributed by atoms with Crippen molar-refractivity contribution < 1.29 is 4.42 Å². The second-order valence-electron chi connectivity index (χ2n) is 12.0. The standard InChI is InChI=1S/C43H25N3OS/c1-2-12-27(13-3-1)34-24-30(25-36-39(34)31-15-6-8-18-35(31)47-36)42-44-41(29-22-21-26-11-4-5-14-28(26)23-29)45-43(46-42)33-17-10-20-38-40(33)32-16-7-9-19-37(32)48-38/h1-25H. The molecule has 0 spiro atoms. The third-order valence-corrected chi connectivity index (χ3v) is 10.2. The zero-order valence-electron chi connectivity index (χ0n) is 25.6. The lowest BCUT2D eigenvalue weighted by Gasteiger charge is -2.12. The summed E-state index contributed by atoms with van der Waals surface area (Å²) in [6.45, 7) is 0. The molecule has 3 aromatic heterocycles. The lowest BCUT2D eigenvalue weighted by Crippen LogP contribution is -2.00. The molecule has 0 N–H and O–H groups in total. The first-order valence-electron chi connectivity index (χ1n) is 15.9. The minimum absolute atomic E-state index is 0.597. The molecule has 0 unspecified atom stereocenters. The number of benzene rings is 7. The van der Waals surface area contributed by atoms with E-state index >= 15 is 0 Å². The summed E-state index contributed by atoms with van der Waals surface area (Å²) >= 11 is 1.79. The van der Waals surface area contributed by atoms with E-state index in [1.807, 2.05) is 18.2 Å². The summed E-state index contributed by atoms with van der Waals surface area (Å²) in [5, 5.41) is 6.85. The van der Waals surface area contributed by atoms with Gasteiger partial charge in [0.2, 0.25) is 0 Å². The molecule has 0 aliphatic heterocycles. The topological polar surface area (TPSA) is 51.8 Å². The van der Waals surface area contributed by atoms with Crippen molar-refractivity contribution in [3.63, 3.8) is 0 Å². The Balaban J connectivity index is 1.27. The van der Waals surface area contributed by atoms with Crippen LogP contribution in [0.1, 0.15) is 0 Å². The predicted molar refractivity (Wildman–Crippen MR) is 199 cm³/mol. The Morgan fingerprint density at radius 1 is 0.396 bits per heavy atom. The molecule has 0 aliphatic carbocycles. The summed E-state index contributed by atoms with van der Waals surface area (Å²) in [7, 11) is 0. The van der Waals surface area contributed by atoms with E-state index in [1.54, 1.807) is 11.3 Å². The Morgan fingerprint density at radius 2 is 1.10 bits per heavy atom. The van der Waals surface area contributed by atoms with Crippen molar-refractivity contribution >= 4 is 64.2 Å². The third kappa shape index (κ3) is 4.33. The number of fused-ring (bicyclic) bond motifs is 7. The smallest absolute Gasteiger partial charge is 0.164 e. The molecule has 0 radical (unpaired) electrons. The van der Waals surface area contributed by atoms with Crippen molar-refractivity contribution in [3.8, 4) is 45.3 Å². The van der Waals surface area contributed by atoms with Crippen molar-refractivity contribution in [2.24, 2.45) is 0 Å². The van der Waals surface area contributed by atoms with E-state index in [4.69, 9.17) is 19.4 Å². The van der Waals surface area contributed by atoms with E-state index in [-0.39, 0.29) is 0 Å². The monoisotopic (exact) mass is 631 g/mol. The van der Waals surface area contributed by atoms with Crippen LogP contribution in [0.4, 0.5) is 0 Å². The maximum Gasteiger partial charge on any atom is 0.164 e. The van der Waals surface area contributed by atoms with E-state index in [9.17, 15) is 0 Å². The van der Waals surface area contributed by atoms with Gasteiger partial charge in [-0.15, -0.1) is 11.3 Å². The number of rotatable bonds is 4. The van der Waals surface area contributed by atoms with Crippen LogP contribution in [0.3, 0.4) is 0 Å². The number of hydrogen-bond acceptors (Lipinski definition) is 5. The summed E-state index contributed by atoms with van der Waals surface area (Å²) < 4.78 is 8.93. The first kappa shape index (κ1) is 27.0. The zero-order chi connectivity index (χ0) is 31.6. The fraction of sp³-hybridized carbons (Fsp3) is 0. The molecule has 10 rings (SSSR count). The van der Waals surface area contributed by atoms with Crippen LogP contribution in [-0.4, -0.2) is 15.0 Å². The normalized spacial score (nSPS) is 11.8. The Hall–Kier alpha value is -6.17. The molecule has 0 atom stereocenters. The number of furan rings is 1. The molecule has 0 saturated heterocycles. The Labute approximate surface area is 279 Å². The largest absolute Gasteiger partial charge is 0.456 e. The summed E-state index contributed by atoms with van der Waals surface area (Å²) in [4.78, 5) is 15.6. The van der Waals surface area contributed by atoms with Crippen LogP contribution >= 0.6 is 11.3 Å². The summed E-state index contributed by atoms with van der Waals surface area (Å²) in [6.07, 6.45) is 0. The van der Waals surface area contributed by atoms with E-state index in [0.29, 0.717) is 17.5 Å². The fourth-order valence-electron chi connectivity index (χ4n) is 6.87. The minimum atomic E-state index is 0.597. The van der Waals surface area contributed by atoms with Crippen molar-refractivity contribution in [2.45, 2.75) is 0 Å². The molecular weight excluding hydrogens is 607 g/mol. The highest BCUT2D eigenvalue weighted by Crippen LogP contribution is 2.42. The highest BCUT2D eigenvalue weighted by Gasteiger charge is 2.20. The quantitative estimate of drug-likeness (QED) is 0.194. The first-order chi connectivity index (χ1) is 23.8. The van der Waals surface area contributed by atoms with Crippen molar-refractivity contribution in [1.29, 1.82) is 0 Å². The molecule has 7 aromatic carbocycles. The van der Waals surface area contributed by atoms with Crippen LogP contribution in [0.2, 0.25) is 0 Å². The van der Waals surface area contributed by atoms with Crippen molar-refractivity contribution in [3.05, 3.63) is 152 Å². The van der Waals surface area contributed by atoms with E-state index in [2.05, 4.69) is 133 Å². The molecular formula is C43H25N3OS. The van der Waals surface area contributed by atoms with Gasteiger partial charge >= 0.3 is 0 Å². The van der Waals surface area contributed by atoms with Gasteiger partial charge in [0.05, 0.1) is 0 Å². The van der Waals surface area contributed by atoms with E-state index in [1.165, 1.54) is 20.2 Å². The molecule has 0 bridgehead atoms. The molecule has 5 heteroatoms. The molecule has 0 saturated carbocycles. The van der Waals surface area contributed by atoms with Crippen LogP contribution in [0, 0.1) is 0 Å². The highest BCUT2D eigenvalue weighted by molar-refractivity contribution is 7.25.